The van der Waals surface area contributed by atoms with E-state index in [1.54, 1.807) is 12.1 Å². The number of aromatic nitrogens is 1. The first-order valence-corrected chi connectivity index (χ1v) is 4.94. The lowest BCUT2D eigenvalue weighted by atomic mass is 10.1. The highest BCUT2D eigenvalue weighted by Gasteiger charge is 2.06. The molecule has 0 spiro atoms. The number of benzene rings is 1. The second kappa shape index (κ2) is 4.66. The van der Waals surface area contributed by atoms with Gasteiger partial charge in [0.1, 0.15) is 5.82 Å². The van der Waals surface area contributed by atoms with Crippen LogP contribution in [0.5, 0.6) is 0 Å². The summed E-state index contributed by atoms with van der Waals surface area (Å²) < 4.78 is 12.6. The zero-order valence-electron chi connectivity index (χ0n) is 8.56. The molecule has 0 unspecified atom stereocenters. The second-order valence-electron chi connectivity index (χ2n) is 3.43. The molecule has 1 heterocycles. The third-order valence-electron chi connectivity index (χ3n) is 2.23. The van der Waals surface area contributed by atoms with Crippen molar-refractivity contribution in [2.45, 2.75) is 6.42 Å². The Kier molecular flexibility index (Phi) is 3.05. The first kappa shape index (κ1) is 10.5. The fourth-order valence-corrected chi connectivity index (χ4v) is 1.40. The van der Waals surface area contributed by atoms with Crippen LogP contribution in [0, 0.1) is 5.82 Å². The van der Waals surface area contributed by atoms with E-state index in [9.17, 15) is 9.18 Å². The summed E-state index contributed by atoms with van der Waals surface area (Å²) in [4.78, 5) is 15.6. The van der Waals surface area contributed by atoms with E-state index >= 15 is 0 Å². The summed E-state index contributed by atoms with van der Waals surface area (Å²) in [6, 6.07) is 11.8. The van der Waals surface area contributed by atoms with Crippen molar-refractivity contribution in [1.82, 2.24) is 4.98 Å². The molecular formula is C13H10FNO. The number of nitrogens with zero attached hydrogens (tertiary/aromatic N) is 1. The molecule has 1 aromatic heterocycles. The van der Waals surface area contributed by atoms with E-state index in [0.29, 0.717) is 11.3 Å². The summed E-state index contributed by atoms with van der Waals surface area (Å²) in [6.45, 7) is 0. The molecular weight excluding hydrogens is 205 g/mol. The Morgan fingerprint density at radius 1 is 1.12 bits per heavy atom. The van der Waals surface area contributed by atoms with Crippen LogP contribution in [0.3, 0.4) is 0 Å². The topological polar surface area (TPSA) is 30.0 Å². The zero-order chi connectivity index (χ0) is 11.4. The van der Waals surface area contributed by atoms with Crippen LogP contribution in [0.1, 0.15) is 16.1 Å². The SMILES string of the molecule is O=C(Cc1ccc(F)cn1)c1ccccc1. The number of carbonyl (C=O) groups is 1. The largest absolute Gasteiger partial charge is 0.294 e. The highest BCUT2D eigenvalue weighted by Crippen LogP contribution is 2.06. The highest BCUT2D eigenvalue weighted by atomic mass is 19.1. The van der Waals surface area contributed by atoms with E-state index in [4.69, 9.17) is 0 Å². The van der Waals surface area contributed by atoms with Gasteiger partial charge in [0, 0.05) is 11.3 Å². The van der Waals surface area contributed by atoms with E-state index in [-0.39, 0.29) is 12.2 Å². The lowest BCUT2D eigenvalue weighted by molar-refractivity contribution is 0.0992. The first-order chi connectivity index (χ1) is 7.75. The predicted molar refractivity (Wildman–Crippen MR) is 58.7 cm³/mol. The average Bonchev–Trinajstić information content (AvgIpc) is 2.33. The predicted octanol–water partition coefficient (Wildman–Crippen LogP) is 2.65. The van der Waals surface area contributed by atoms with Crippen LogP contribution in [-0.2, 0) is 6.42 Å². The molecule has 80 valence electrons. The third-order valence-corrected chi connectivity index (χ3v) is 2.23. The molecule has 0 saturated heterocycles. The Balaban J connectivity index is 2.11. The van der Waals surface area contributed by atoms with Gasteiger partial charge in [0.15, 0.2) is 5.78 Å². The molecule has 2 nitrogen and oxygen atoms in total. The number of carbonyl (C=O) groups excluding carboxylic acids is 1. The van der Waals surface area contributed by atoms with Gasteiger partial charge in [-0.1, -0.05) is 30.3 Å². The van der Waals surface area contributed by atoms with Crippen LogP contribution in [0.15, 0.2) is 48.7 Å². The van der Waals surface area contributed by atoms with Gasteiger partial charge in [-0.05, 0) is 12.1 Å². The van der Waals surface area contributed by atoms with Crippen LogP contribution in [-0.4, -0.2) is 10.8 Å². The summed E-state index contributed by atoms with van der Waals surface area (Å²) in [5.74, 6) is -0.407. The maximum absolute atomic E-state index is 12.6. The Morgan fingerprint density at radius 3 is 2.50 bits per heavy atom. The van der Waals surface area contributed by atoms with Crippen molar-refractivity contribution in [2.24, 2.45) is 0 Å². The minimum Gasteiger partial charge on any atom is -0.294 e. The molecule has 0 aliphatic heterocycles. The van der Waals surface area contributed by atoms with Crippen LogP contribution >= 0.6 is 0 Å². The summed E-state index contributed by atoms with van der Waals surface area (Å²) in [5, 5.41) is 0. The summed E-state index contributed by atoms with van der Waals surface area (Å²) in [5.41, 5.74) is 1.23. The van der Waals surface area contributed by atoms with Gasteiger partial charge in [-0.15, -0.1) is 0 Å². The molecule has 2 aromatic rings. The average molecular weight is 215 g/mol. The molecule has 2 rings (SSSR count). The number of pyridine rings is 1. The number of halogens is 1. The van der Waals surface area contributed by atoms with Crippen molar-refractivity contribution < 1.29 is 9.18 Å². The molecule has 0 saturated carbocycles. The van der Waals surface area contributed by atoms with Crippen molar-refractivity contribution in [3.05, 3.63) is 65.7 Å². The molecule has 0 fully saturated rings. The molecule has 0 atom stereocenters. The minimum atomic E-state index is -0.393. The van der Waals surface area contributed by atoms with E-state index < -0.39 is 5.82 Å². The Labute approximate surface area is 92.8 Å². The lowest BCUT2D eigenvalue weighted by Gasteiger charge is -2.00. The monoisotopic (exact) mass is 215 g/mol. The van der Waals surface area contributed by atoms with Crippen LogP contribution < -0.4 is 0 Å². The molecule has 0 radical (unpaired) electrons. The van der Waals surface area contributed by atoms with Crippen molar-refractivity contribution in [1.29, 1.82) is 0 Å². The van der Waals surface area contributed by atoms with Crippen molar-refractivity contribution >= 4 is 5.78 Å². The smallest absolute Gasteiger partial charge is 0.168 e. The number of Topliss-reactive ketones (excluding diaryl/α,β-unsaturated/α-hetero) is 1. The Bertz CT molecular complexity index is 479. The fraction of sp³-hybridized carbons (Fsp3) is 0.0769. The quantitative estimate of drug-likeness (QED) is 0.737. The minimum absolute atomic E-state index is 0.0142. The summed E-state index contributed by atoms with van der Waals surface area (Å²) in [7, 11) is 0. The Morgan fingerprint density at radius 2 is 1.88 bits per heavy atom. The molecule has 3 heteroatoms. The van der Waals surface area contributed by atoms with Crippen LogP contribution in [0.4, 0.5) is 4.39 Å². The van der Waals surface area contributed by atoms with Crippen molar-refractivity contribution in [3.8, 4) is 0 Å². The molecule has 0 N–H and O–H groups in total. The van der Waals surface area contributed by atoms with Gasteiger partial charge in [0.05, 0.1) is 12.6 Å². The van der Waals surface area contributed by atoms with Crippen LogP contribution in [0.2, 0.25) is 0 Å². The normalized spacial score (nSPS) is 10.1. The van der Waals surface area contributed by atoms with E-state index in [0.717, 1.165) is 6.20 Å². The molecule has 0 aliphatic rings. The van der Waals surface area contributed by atoms with Crippen molar-refractivity contribution in [2.75, 3.05) is 0 Å². The van der Waals surface area contributed by atoms with Gasteiger partial charge >= 0.3 is 0 Å². The molecule has 0 aliphatic carbocycles. The number of hydrogen-bond donors (Lipinski definition) is 0. The van der Waals surface area contributed by atoms with Gasteiger partial charge in [-0.2, -0.15) is 0 Å². The van der Waals surface area contributed by atoms with Gasteiger partial charge in [-0.3, -0.25) is 9.78 Å². The van der Waals surface area contributed by atoms with Gasteiger partial charge in [0.2, 0.25) is 0 Å². The molecule has 16 heavy (non-hydrogen) atoms. The lowest BCUT2D eigenvalue weighted by Crippen LogP contribution is -2.04. The maximum atomic E-state index is 12.6. The van der Waals surface area contributed by atoms with Gasteiger partial charge in [-0.25, -0.2) is 4.39 Å². The third kappa shape index (κ3) is 2.51. The number of ketones is 1. The highest BCUT2D eigenvalue weighted by molar-refractivity contribution is 5.97. The maximum Gasteiger partial charge on any atom is 0.168 e. The first-order valence-electron chi connectivity index (χ1n) is 4.94. The molecule has 1 aromatic carbocycles. The molecule has 0 amide bonds. The van der Waals surface area contributed by atoms with Gasteiger partial charge in [0.25, 0.3) is 0 Å². The van der Waals surface area contributed by atoms with Crippen molar-refractivity contribution in [3.63, 3.8) is 0 Å². The summed E-state index contributed by atoms with van der Waals surface area (Å²) >= 11 is 0. The summed E-state index contributed by atoms with van der Waals surface area (Å²) in [6.07, 6.45) is 1.32. The second-order valence-corrected chi connectivity index (χ2v) is 3.43. The van der Waals surface area contributed by atoms with E-state index in [1.165, 1.54) is 12.1 Å². The zero-order valence-corrected chi connectivity index (χ0v) is 8.56. The van der Waals surface area contributed by atoms with Gasteiger partial charge < -0.3 is 0 Å². The standard InChI is InChI=1S/C13H10FNO/c14-11-6-7-12(15-9-11)8-13(16)10-4-2-1-3-5-10/h1-7,9H,8H2. The molecule has 0 bridgehead atoms. The van der Waals surface area contributed by atoms with E-state index in [2.05, 4.69) is 4.98 Å². The fourth-order valence-electron chi connectivity index (χ4n) is 1.40. The van der Waals surface area contributed by atoms with E-state index in [1.807, 2.05) is 18.2 Å². The number of rotatable bonds is 3. The van der Waals surface area contributed by atoms with Crippen LogP contribution in [0.25, 0.3) is 0 Å². The Hall–Kier alpha value is -2.03. The number of hydrogen-bond acceptors (Lipinski definition) is 2.